The van der Waals surface area contributed by atoms with Gasteiger partial charge in [0.15, 0.2) is 0 Å². The molecule has 1 saturated heterocycles. The Labute approximate surface area is 471 Å². The van der Waals surface area contributed by atoms with Crippen molar-refractivity contribution < 1.29 is 77.9 Å². The summed E-state index contributed by atoms with van der Waals surface area (Å²) in [6, 6.07) is -14.1. The average molecular weight is 1140 g/mol. The topological polar surface area (TPSA) is 386 Å². The first kappa shape index (κ1) is 72.1. The van der Waals surface area contributed by atoms with Crippen LogP contribution in [0.25, 0.3) is 0 Å². The van der Waals surface area contributed by atoms with E-state index in [4.69, 9.17) is 4.74 Å². The van der Waals surface area contributed by atoms with Crippen molar-refractivity contribution in [2.75, 3.05) is 13.2 Å². The van der Waals surface area contributed by atoms with E-state index in [0.29, 0.717) is 12.8 Å². The second-order valence-electron chi connectivity index (χ2n) is 22.8. The van der Waals surface area contributed by atoms with Crippen LogP contribution in [0, 0.1) is 29.6 Å². The summed E-state index contributed by atoms with van der Waals surface area (Å²) in [4.78, 5) is 152. The number of carbonyl (C=O) groups is 11. The second-order valence-corrected chi connectivity index (χ2v) is 22.8. The van der Waals surface area contributed by atoms with Gasteiger partial charge in [0.05, 0.1) is 25.7 Å². The third-order valence-electron chi connectivity index (χ3n) is 13.6. The number of cyclic esters (lactones) is 1. The molecular formula is C55H97N9O16. The Bertz CT molecular complexity index is 2040. The van der Waals surface area contributed by atoms with E-state index in [1.165, 1.54) is 6.92 Å². The van der Waals surface area contributed by atoms with Crippen LogP contribution in [0.2, 0.25) is 0 Å². The first-order valence-corrected chi connectivity index (χ1v) is 28.5. The van der Waals surface area contributed by atoms with E-state index < -0.39 is 170 Å². The summed E-state index contributed by atoms with van der Waals surface area (Å²) >= 11 is 0. The Morgan fingerprint density at radius 1 is 0.575 bits per heavy atom. The highest BCUT2D eigenvalue weighted by Gasteiger charge is 2.40. The van der Waals surface area contributed by atoms with Crippen LogP contribution in [-0.2, 0) is 57.5 Å². The van der Waals surface area contributed by atoms with Gasteiger partial charge in [0.25, 0.3) is 0 Å². The maximum atomic E-state index is 14.7. The molecule has 1 heterocycles. The SMILES string of the molecule is CCCCCCCCC(O)CC(=O)NC(CC(C)C)C(=O)NC(CCC(=O)O)C(=O)NC1C(=O)NC(C(C)C)C(=O)NC(CC(C)C)C(=O)NC(CO)C(=O)NC(CC(C)C)C(=O)NC(CO)C(=O)NC(C(C)CC)C(=O)OC1C. The molecule has 0 aromatic heterocycles. The molecule has 12 unspecified atom stereocenters. The number of carboxylic acids is 1. The number of amides is 9. The summed E-state index contributed by atoms with van der Waals surface area (Å²) in [5, 5.41) is 63.6. The third kappa shape index (κ3) is 26.5. The number of hydrogen-bond donors (Lipinski definition) is 13. The molecule has 0 aliphatic carbocycles. The third-order valence-corrected chi connectivity index (χ3v) is 13.6. The number of nitrogens with one attached hydrogen (secondary N) is 9. The van der Waals surface area contributed by atoms with E-state index in [9.17, 15) is 73.2 Å². The summed E-state index contributed by atoms with van der Waals surface area (Å²) in [5.74, 6) is -13.4. The van der Waals surface area contributed by atoms with Crippen LogP contribution in [0.5, 0.6) is 0 Å². The number of hydrogen-bond acceptors (Lipinski definition) is 15. The lowest BCUT2D eigenvalue weighted by Gasteiger charge is -2.32. The van der Waals surface area contributed by atoms with E-state index >= 15 is 0 Å². The molecule has 13 N–H and O–H groups in total. The molecule has 0 aromatic rings. The summed E-state index contributed by atoms with van der Waals surface area (Å²) in [7, 11) is 0. The predicted octanol–water partition coefficient (Wildman–Crippen LogP) is 0.486. The summed E-state index contributed by atoms with van der Waals surface area (Å²) in [5.41, 5.74) is 0. The molecule has 12 atom stereocenters. The lowest BCUT2D eigenvalue weighted by Crippen LogP contribution is -2.64. The minimum absolute atomic E-state index is 0.00997. The zero-order valence-electron chi connectivity index (χ0n) is 49.2. The number of carbonyl (C=O) groups excluding carboxylic acids is 10. The Hall–Kier alpha value is -5.95. The molecule has 1 rings (SSSR count). The average Bonchev–Trinajstić information content (AvgIpc) is 3.36. The molecule has 0 bridgehead atoms. The van der Waals surface area contributed by atoms with Crippen LogP contribution < -0.4 is 47.9 Å². The normalized spacial score (nSPS) is 23.9. The Morgan fingerprint density at radius 3 is 1.55 bits per heavy atom. The zero-order valence-corrected chi connectivity index (χ0v) is 49.2. The number of esters is 1. The smallest absolute Gasteiger partial charge is 0.329 e. The maximum Gasteiger partial charge on any atom is 0.329 e. The molecule has 1 aliphatic heterocycles. The molecule has 25 nitrogen and oxygen atoms in total. The molecule has 1 aliphatic rings. The van der Waals surface area contributed by atoms with Crippen LogP contribution in [0.1, 0.15) is 173 Å². The minimum atomic E-state index is -1.95. The molecule has 0 spiro atoms. The van der Waals surface area contributed by atoms with E-state index in [2.05, 4.69) is 54.8 Å². The van der Waals surface area contributed by atoms with Gasteiger partial charge in [-0.2, -0.15) is 0 Å². The molecule has 0 saturated carbocycles. The molecule has 1 fully saturated rings. The van der Waals surface area contributed by atoms with Gasteiger partial charge in [-0.1, -0.05) is 121 Å². The number of carboxylic acid groups (broad SMARTS) is 1. The lowest BCUT2D eigenvalue weighted by atomic mass is 9.98. The van der Waals surface area contributed by atoms with Crippen molar-refractivity contribution >= 4 is 65.1 Å². The van der Waals surface area contributed by atoms with E-state index in [1.54, 1.807) is 69.2 Å². The minimum Gasteiger partial charge on any atom is -0.481 e. The Kier molecular flexibility index (Phi) is 33.5. The standard InChI is InChI=1S/C55H97N9O16/c1-13-15-16-17-18-19-20-35(67)26-42(68)56-37(23-29(3)4)48(72)57-36(21-22-43(69)70)47(71)64-46-34(12)80-55(79)45(33(11)14-2)63-52(76)41(28-66)61-49(73)38(24-30(5)6)58-51(75)40(27-65)60-50(74)39(25-31(7)8)59-53(77)44(32(9)10)62-54(46)78/h29-41,44-46,65-67H,13-28H2,1-12H3,(H,56,68)(H,57,72)(H,58,75)(H,59,77)(H,60,74)(H,61,73)(H,62,78)(H,63,76)(H,64,71)(H,69,70). The summed E-state index contributed by atoms with van der Waals surface area (Å²) in [6.45, 7) is 18.3. The Balaban J connectivity index is 3.96. The first-order chi connectivity index (χ1) is 37.5. The van der Waals surface area contributed by atoms with Crippen LogP contribution in [-0.4, -0.2) is 165 Å². The van der Waals surface area contributed by atoms with Crippen LogP contribution in [0.15, 0.2) is 0 Å². The largest absolute Gasteiger partial charge is 0.481 e. The number of ether oxygens (including phenoxy) is 1. The molecule has 25 heteroatoms. The van der Waals surface area contributed by atoms with Crippen molar-refractivity contribution in [1.29, 1.82) is 0 Å². The monoisotopic (exact) mass is 1140 g/mol. The number of aliphatic carboxylic acids is 1. The molecule has 9 amide bonds. The summed E-state index contributed by atoms with van der Waals surface area (Å²) in [6.07, 6.45) is 2.25. The van der Waals surface area contributed by atoms with Crippen molar-refractivity contribution in [2.45, 2.75) is 240 Å². The van der Waals surface area contributed by atoms with Crippen molar-refractivity contribution in [3.8, 4) is 0 Å². The first-order valence-electron chi connectivity index (χ1n) is 28.5. The Morgan fingerprint density at radius 2 is 1.06 bits per heavy atom. The second kappa shape index (κ2) is 37.1. The summed E-state index contributed by atoms with van der Waals surface area (Å²) < 4.78 is 5.82. The molecule has 80 heavy (non-hydrogen) atoms. The van der Waals surface area contributed by atoms with Gasteiger partial charge in [0.1, 0.15) is 60.5 Å². The van der Waals surface area contributed by atoms with Gasteiger partial charge in [0.2, 0.25) is 53.2 Å². The van der Waals surface area contributed by atoms with Gasteiger partial charge in [-0.05, 0) is 68.6 Å². The number of rotatable bonds is 28. The van der Waals surface area contributed by atoms with E-state index in [1.807, 2.05) is 0 Å². The fourth-order valence-corrected chi connectivity index (χ4v) is 8.79. The highest BCUT2D eigenvalue weighted by molar-refractivity contribution is 5.99. The van der Waals surface area contributed by atoms with Crippen LogP contribution in [0.3, 0.4) is 0 Å². The predicted molar refractivity (Wildman–Crippen MR) is 295 cm³/mol. The lowest BCUT2D eigenvalue weighted by molar-refractivity contribution is -0.158. The molecule has 0 radical (unpaired) electrons. The van der Waals surface area contributed by atoms with Gasteiger partial charge in [-0.3, -0.25) is 47.9 Å². The van der Waals surface area contributed by atoms with Crippen molar-refractivity contribution in [1.82, 2.24) is 47.9 Å². The van der Waals surface area contributed by atoms with Gasteiger partial charge in [0, 0.05) is 6.42 Å². The quantitative estimate of drug-likeness (QED) is 0.0374. The number of unbranched alkanes of at least 4 members (excludes halogenated alkanes) is 5. The van der Waals surface area contributed by atoms with Crippen molar-refractivity contribution in [2.24, 2.45) is 29.6 Å². The number of aliphatic hydroxyl groups is 3. The van der Waals surface area contributed by atoms with Gasteiger partial charge in [-0.25, -0.2) is 4.79 Å². The highest BCUT2D eigenvalue weighted by atomic mass is 16.5. The van der Waals surface area contributed by atoms with Crippen molar-refractivity contribution in [3.63, 3.8) is 0 Å². The maximum absolute atomic E-state index is 14.7. The van der Waals surface area contributed by atoms with E-state index in [-0.39, 0.29) is 49.9 Å². The van der Waals surface area contributed by atoms with Gasteiger partial charge < -0.3 is 73.0 Å². The zero-order chi connectivity index (χ0) is 61.0. The van der Waals surface area contributed by atoms with E-state index in [0.717, 1.165) is 32.1 Å². The number of aliphatic hydroxyl groups excluding tert-OH is 3. The molecule has 0 aromatic carbocycles. The van der Waals surface area contributed by atoms with Gasteiger partial charge in [-0.15, -0.1) is 0 Å². The molecular weight excluding hydrogens is 1040 g/mol. The fourth-order valence-electron chi connectivity index (χ4n) is 8.79. The highest BCUT2D eigenvalue weighted by Crippen LogP contribution is 2.17. The van der Waals surface area contributed by atoms with Crippen molar-refractivity contribution in [3.05, 3.63) is 0 Å². The van der Waals surface area contributed by atoms with Crippen LogP contribution in [0.4, 0.5) is 0 Å². The van der Waals surface area contributed by atoms with Crippen LogP contribution >= 0.6 is 0 Å². The molecule has 458 valence electrons. The van der Waals surface area contributed by atoms with Gasteiger partial charge >= 0.3 is 11.9 Å². The fraction of sp³-hybridized carbons (Fsp3) is 0.800.